The van der Waals surface area contributed by atoms with E-state index in [9.17, 15) is 4.79 Å². The van der Waals surface area contributed by atoms with E-state index >= 15 is 0 Å². The van der Waals surface area contributed by atoms with E-state index in [0.29, 0.717) is 36.0 Å². The van der Waals surface area contributed by atoms with Gasteiger partial charge in [0.05, 0.1) is 14.2 Å². The number of carbonyl (C=O) groups is 1. The maximum absolute atomic E-state index is 11.9. The van der Waals surface area contributed by atoms with E-state index in [1.807, 2.05) is 18.2 Å². The summed E-state index contributed by atoms with van der Waals surface area (Å²) in [5.74, 6) is 1.93. The van der Waals surface area contributed by atoms with Gasteiger partial charge in [0, 0.05) is 24.8 Å². The van der Waals surface area contributed by atoms with Gasteiger partial charge in [-0.25, -0.2) is 4.98 Å². The molecule has 0 fully saturated rings. The van der Waals surface area contributed by atoms with Crippen molar-refractivity contribution in [2.75, 3.05) is 32.6 Å². The number of pyridine rings is 1. The lowest BCUT2D eigenvalue weighted by Crippen LogP contribution is -2.23. The average molecular weight is 341 g/mol. The van der Waals surface area contributed by atoms with Gasteiger partial charge < -0.3 is 20.1 Å². The Morgan fingerprint density at radius 2 is 2.00 bits per heavy atom. The lowest BCUT2D eigenvalue weighted by atomic mass is 10.1. The van der Waals surface area contributed by atoms with Crippen LogP contribution in [-0.2, 0) is 6.42 Å². The Morgan fingerprint density at radius 3 is 2.72 bits per heavy atom. The summed E-state index contributed by atoms with van der Waals surface area (Å²) in [7, 11) is 3.23. The standard InChI is InChI=1S/C19H23N3O3/c1-4-9-22-19(23)15-8-11-21-18(13-15)20-10-7-14-5-6-16(24-2)17(12-14)25-3/h4-6,8,11-13H,1,7,9-10H2,2-3H3,(H,20,21)(H,22,23). The van der Waals surface area contributed by atoms with Gasteiger partial charge in [0.1, 0.15) is 5.82 Å². The summed E-state index contributed by atoms with van der Waals surface area (Å²) in [4.78, 5) is 16.2. The Balaban J connectivity index is 1.93. The fourth-order valence-electron chi connectivity index (χ4n) is 2.31. The number of methoxy groups -OCH3 is 2. The van der Waals surface area contributed by atoms with E-state index in [4.69, 9.17) is 9.47 Å². The van der Waals surface area contributed by atoms with E-state index in [2.05, 4.69) is 22.2 Å². The lowest BCUT2D eigenvalue weighted by molar-refractivity contribution is 0.0958. The molecule has 0 saturated heterocycles. The molecule has 0 aliphatic heterocycles. The molecule has 0 aliphatic carbocycles. The maximum atomic E-state index is 11.9. The molecule has 0 spiro atoms. The number of amides is 1. The van der Waals surface area contributed by atoms with Gasteiger partial charge in [0.25, 0.3) is 5.91 Å². The summed E-state index contributed by atoms with van der Waals surface area (Å²) in [6.07, 6.45) is 4.04. The monoisotopic (exact) mass is 341 g/mol. The number of ether oxygens (including phenoxy) is 2. The maximum Gasteiger partial charge on any atom is 0.251 e. The Bertz CT molecular complexity index is 732. The van der Waals surface area contributed by atoms with Gasteiger partial charge in [-0.15, -0.1) is 6.58 Å². The zero-order chi connectivity index (χ0) is 18.1. The second-order valence-electron chi connectivity index (χ2n) is 5.29. The van der Waals surface area contributed by atoms with Gasteiger partial charge in [-0.3, -0.25) is 4.79 Å². The number of hydrogen-bond donors (Lipinski definition) is 2. The second-order valence-corrected chi connectivity index (χ2v) is 5.29. The number of benzene rings is 1. The number of rotatable bonds is 9. The largest absolute Gasteiger partial charge is 0.493 e. The minimum atomic E-state index is -0.148. The molecule has 0 unspecified atom stereocenters. The first-order valence-electron chi connectivity index (χ1n) is 7.98. The number of nitrogens with one attached hydrogen (secondary N) is 2. The Morgan fingerprint density at radius 1 is 1.20 bits per heavy atom. The molecule has 1 amide bonds. The molecule has 6 nitrogen and oxygen atoms in total. The molecule has 1 aromatic carbocycles. The zero-order valence-corrected chi connectivity index (χ0v) is 14.5. The van der Waals surface area contributed by atoms with Crippen molar-refractivity contribution in [2.45, 2.75) is 6.42 Å². The molecule has 132 valence electrons. The minimum Gasteiger partial charge on any atom is -0.493 e. The second kappa shape index (κ2) is 9.32. The summed E-state index contributed by atoms with van der Waals surface area (Å²) < 4.78 is 10.5. The fourth-order valence-corrected chi connectivity index (χ4v) is 2.31. The normalized spacial score (nSPS) is 10.0. The van der Waals surface area contributed by atoms with E-state index < -0.39 is 0 Å². The van der Waals surface area contributed by atoms with Crippen LogP contribution in [0.15, 0.2) is 49.2 Å². The third-order valence-electron chi connectivity index (χ3n) is 3.60. The van der Waals surface area contributed by atoms with Gasteiger partial charge >= 0.3 is 0 Å². The smallest absolute Gasteiger partial charge is 0.251 e. The lowest BCUT2D eigenvalue weighted by Gasteiger charge is -2.10. The molecule has 1 aromatic heterocycles. The topological polar surface area (TPSA) is 72.5 Å². The van der Waals surface area contributed by atoms with Crippen molar-refractivity contribution in [3.8, 4) is 11.5 Å². The number of hydrogen-bond acceptors (Lipinski definition) is 5. The molecule has 1 heterocycles. The van der Waals surface area contributed by atoms with Crippen molar-refractivity contribution in [3.63, 3.8) is 0 Å². The van der Waals surface area contributed by atoms with Crippen molar-refractivity contribution in [2.24, 2.45) is 0 Å². The van der Waals surface area contributed by atoms with Crippen LogP contribution in [-0.4, -0.2) is 38.2 Å². The van der Waals surface area contributed by atoms with Crippen molar-refractivity contribution < 1.29 is 14.3 Å². The number of aromatic nitrogens is 1. The Labute approximate surface area is 147 Å². The van der Waals surface area contributed by atoms with Crippen molar-refractivity contribution in [1.82, 2.24) is 10.3 Å². The third-order valence-corrected chi connectivity index (χ3v) is 3.60. The summed E-state index contributed by atoms with van der Waals surface area (Å²) in [5, 5.41) is 5.97. The van der Waals surface area contributed by atoms with E-state index in [1.165, 1.54) is 0 Å². The van der Waals surface area contributed by atoms with Crippen LogP contribution in [0.5, 0.6) is 11.5 Å². The highest BCUT2D eigenvalue weighted by molar-refractivity contribution is 5.94. The van der Waals surface area contributed by atoms with Crippen LogP contribution < -0.4 is 20.1 Å². The summed E-state index contributed by atoms with van der Waals surface area (Å²) in [6.45, 7) is 4.69. The molecule has 2 aromatic rings. The average Bonchev–Trinajstić information content (AvgIpc) is 2.66. The quantitative estimate of drug-likeness (QED) is 0.686. The predicted molar refractivity (Wildman–Crippen MR) is 98.5 cm³/mol. The summed E-state index contributed by atoms with van der Waals surface area (Å²) in [5.41, 5.74) is 1.68. The van der Waals surface area contributed by atoms with Crippen LogP contribution in [0.1, 0.15) is 15.9 Å². The molecule has 25 heavy (non-hydrogen) atoms. The molecule has 0 atom stereocenters. The fraction of sp³-hybridized carbons (Fsp3) is 0.263. The highest BCUT2D eigenvalue weighted by atomic mass is 16.5. The molecule has 0 saturated carbocycles. The first-order chi connectivity index (χ1) is 12.2. The van der Waals surface area contributed by atoms with Crippen LogP contribution in [0, 0.1) is 0 Å². The first-order valence-corrected chi connectivity index (χ1v) is 7.98. The molecule has 0 radical (unpaired) electrons. The van der Waals surface area contributed by atoms with E-state index in [-0.39, 0.29) is 5.91 Å². The van der Waals surface area contributed by atoms with Crippen molar-refractivity contribution in [1.29, 1.82) is 0 Å². The van der Waals surface area contributed by atoms with Gasteiger partial charge in [-0.05, 0) is 36.2 Å². The van der Waals surface area contributed by atoms with Crippen molar-refractivity contribution in [3.05, 3.63) is 60.3 Å². The zero-order valence-electron chi connectivity index (χ0n) is 14.5. The molecule has 2 rings (SSSR count). The minimum absolute atomic E-state index is 0.148. The summed E-state index contributed by atoms with van der Waals surface area (Å²) in [6, 6.07) is 9.24. The molecule has 0 bridgehead atoms. The highest BCUT2D eigenvalue weighted by Gasteiger charge is 2.07. The number of nitrogens with zero attached hydrogens (tertiary/aromatic N) is 1. The van der Waals surface area contributed by atoms with E-state index in [1.54, 1.807) is 38.6 Å². The van der Waals surface area contributed by atoms with Crippen LogP contribution in [0.25, 0.3) is 0 Å². The first kappa shape index (κ1) is 18.3. The third kappa shape index (κ3) is 5.24. The molecular formula is C19H23N3O3. The van der Waals surface area contributed by atoms with Gasteiger partial charge in [-0.1, -0.05) is 12.1 Å². The van der Waals surface area contributed by atoms with Gasteiger partial charge in [0.15, 0.2) is 11.5 Å². The molecule has 0 aliphatic rings. The highest BCUT2D eigenvalue weighted by Crippen LogP contribution is 2.27. The van der Waals surface area contributed by atoms with Crippen molar-refractivity contribution >= 4 is 11.7 Å². The Kier molecular flexibility index (Phi) is 6.83. The van der Waals surface area contributed by atoms with Crippen LogP contribution in [0.4, 0.5) is 5.82 Å². The number of carbonyl (C=O) groups excluding carboxylic acids is 1. The predicted octanol–water partition coefficient (Wildman–Crippen LogP) is 2.67. The van der Waals surface area contributed by atoms with E-state index in [0.717, 1.165) is 12.0 Å². The SMILES string of the molecule is C=CCNC(=O)c1ccnc(NCCc2ccc(OC)c(OC)c2)c1. The van der Waals surface area contributed by atoms with Crippen LogP contribution in [0.2, 0.25) is 0 Å². The van der Waals surface area contributed by atoms with Crippen LogP contribution in [0.3, 0.4) is 0 Å². The molecule has 6 heteroatoms. The molecule has 2 N–H and O–H groups in total. The van der Waals surface area contributed by atoms with Gasteiger partial charge in [0.2, 0.25) is 0 Å². The van der Waals surface area contributed by atoms with Crippen LogP contribution >= 0.6 is 0 Å². The molecular weight excluding hydrogens is 318 g/mol. The van der Waals surface area contributed by atoms with Gasteiger partial charge in [-0.2, -0.15) is 0 Å². The summed E-state index contributed by atoms with van der Waals surface area (Å²) >= 11 is 0. The number of anilines is 1. The Hall–Kier alpha value is -3.02.